The van der Waals surface area contributed by atoms with Crippen LogP contribution in [0, 0.1) is 17.5 Å². The predicted octanol–water partition coefficient (Wildman–Crippen LogP) is 4.31. The molecule has 0 aliphatic rings. The van der Waals surface area contributed by atoms with E-state index in [0.717, 1.165) is 12.1 Å². The lowest BCUT2D eigenvalue weighted by atomic mass is 9.93. The highest BCUT2D eigenvalue weighted by Crippen LogP contribution is 2.31. The molecule has 4 heteroatoms. The lowest BCUT2D eigenvalue weighted by Gasteiger charge is -2.17. The van der Waals surface area contributed by atoms with Gasteiger partial charge in [0.1, 0.15) is 17.5 Å². The zero-order valence-electron chi connectivity index (χ0n) is 11.0. The highest BCUT2D eigenvalue weighted by atomic mass is 19.1. The third kappa shape index (κ3) is 2.28. The van der Waals surface area contributed by atoms with Gasteiger partial charge in [0, 0.05) is 10.9 Å². The molecule has 3 aromatic carbocycles. The minimum atomic E-state index is -1.00. The van der Waals surface area contributed by atoms with Gasteiger partial charge in [0.05, 0.1) is 6.04 Å². The van der Waals surface area contributed by atoms with Crippen molar-refractivity contribution in [1.29, 1.82) is 0 Å². The van der Waals surface area contributed by atoms with Gasteiger partial charge in [0.15, 0.2) is 0 Å². The summed E-state index contributed by atoms with van der Waals surface area (Å²) in [6, 6.07) is 12.0. The summed E-state index contributed by atoms with van der Waals surface area (Å²) in [4.78, 5) is 0. The van der Waals surface area contributed by atoms with Crippen LogP contribution in [0.2, 0.25) is 0 Å². The van der Waals surface area contributed by atoms with Crippen LogP contribution >= 0.6 is 0 Å². The quantitative estimate of drug-likeness (QED) is 0.747. The molecule has 0 fully saturated rings. The molecule has 0 radical (unpaired) electrons. The molecule has 0 bridgehead atoms. The normalized spacial score (nSPS) is 12.6. The molecule has 3 aromatic rings. The summed E-state index contributed by atoms with van der Waals surface area (Å²) in [5, 5.41) is 0.926. The molecule has 3 rings (SSSR count). The van der Waals surface area contributed by atoms with Gasteiger partial charge in [0.25, 0.3) is 0 Å². The van der Waals surface area contributed by atoms with Crippen molar-refractivity contribution in [3.63, 3.8) is 0 Å². The van der Waals surface area contributed by atoms with Crippen LogP contribution in [0.25, 0.3) is 10.8 Å². The second kappa shape index (κ2) is 5.22. The molecule has 1 nitrogen and oxygen atoms in total. The largest absolute Gasteiger partial charge is 0.320 e. The fraction of sp³-hybridized carbons (Fsp3) is 0.0588. The van der Waals surface area contributed by atoms with Gasteiger partial charge in [-0.1, -0.05) is 36.4 Å². The van der Waals surface area contributed by atoms with Gasteiger partial charge in [-0.15, -0.1) is 0 Å². The second-order valence-electron chi connectivity index (χ2n) is 4.80. The number of halogens is 3. The third-order valence-electron chi connectivity index (χ3n) is 3.55. The van der Waals surface area contributed by atoms with Crippen molar-refractivity contribution in [1.82, 2.24) is 0 Å². The Balaban J connectivity index is 2.23. The number of benzene rings is 3. The van der Waals surface area contributed by atoms with Gasteiger partial charge in [-0.2, -0.15) is 0 Å². The maximum atomic E-state index is 13.9. The van der Waals surface area contributed by atoms with Crippen LogP contribution in [-0.2, 0) is 0 Å². The van der Waals surface area contributed by atoms with Crippen LogP contribution in [0.3, 0.4) is 0 Å². The fourth-order valence-corrected chi connectivity index (χ4v) is 2.52. The molecule has 106 valence electrons. The van der Waals surface area contributed by atoms with Crippen LogP contribution in [-0.4, -0.2) is 0 Å². The van der Waals surface area contributed by atoms with Gasteiger partial charge < -0.3 is 5.73 Å². The van der Waals surface area contributed by atoms with Gasteiger partial charge in [-0.05, 0) is 29.1 Å². The van der Waals surface area contributed by atoms with Crippen molar-refractivity contribution in [2.24, 2.45) is 5.73 Å². The molecule has 0 amide bonds. The number of nitrogens with two attached hydrogens (primary N) is 1. The molecule has 0 aromatic heterocycles. The molecular weight excluding hydrogens is 275 g/mol. The first-order valence-corrected chi connectivity index (χ1v) is 6.46. The number of fused-ring (bicyclic) bond motifs is 1. The van der Waals surface area contributed by atoms with Gasteiger partial charge in [0.2, 0.25) is 0 Å². The standard InChI is InChI=1S/C17H12F3N/c18-13-9-8-12(10-4-1-2-5-11(10)13)17(21)16-14(19)6-3-7-15(16)20/h1-9,17H,21H2. The molecule has 1 atom stereocenters. The molecule has 0 saturated carbocycles. The van der Waals surface area contributed by atoms with Crippen molar-refractivity contribution in [2.45, 2.75) is 6.04 Å². The van der Waals surface area contributed by atoms with E-state index in [2.05, 4.69) is 0 Å². The van der Waals surface area contributed by atoms with Gasteiger partial charge in [-0.25, -0.2) is 13.2 Å². The smallest absolute Gasteiger partial charge is 0.131 e. The Bertz CT molecular complexity index is 794. The Hall–Kier alpha value is -2.33. The minimum Gasteiger partial charge on any atom is -0.320 e. The first-order chi connectivity index (χ1) is 10.1. The molecular formula is C17H12F3N. The average Bonchev–Trinajstić information content (AvgIpc) is 2.47. The van der Waals surface area contributed by atoms with E-state index in [4.69, 9.17) is 5.73 Å². The summed E-state index contributed by atoms with van der Waals surface area (Å²) in [6.07, 6.45) is 0. The van der Waals surface area contributed by atoms with Crippen molar-refractivity contribution in [2.75, 3.05) is 0 Å². The third-order valence-corrected chi connectivity index (χ3v) is 3.55. The molecule has 21 heavy (non-hydrogen) atoms. The van der Waals surface area contributed by atoms with Gasteiger partial charge in [-0.3, -0.25) is 0 Å². The monoisotopic (exact) mass is 287 g/mol. The Labute approximate surface area is 119 Å². The number of rotatable bonds is 2. The molecule has 0 aliphatic heterocycles. The fourth-order valence-electron chi connectivity index (χ4n) is 2.52. The zero-order chi connectivity index (χ0) is 15.0. The summed E-state index contributed by atoms with van der Waals surface area (Å²) in [5.41, 5.74) is 6.30. The van der Waals surface area contributed by atoms with E-state index >= 15 is 0 Å². The Morgan fingerprint density at radius 1 is 0.667 bits per heavy atom. The molecule has 0 saturated heterocycles. The lowest BCUT2D eigenvalue weighted by Crippen LogP contribution is -2.16. The zero-order valence-corrected chi connectivity index (χ0v) is 11.0. The lowest BCUT2D eigenvalue weighted by molar-refractivity contribution is 0.544. The van der Waals surface area contributed by atoms with E-state index in [1.165, 1.54) is 18.2 Å². The highest BCUT2D eigenvalue weighted by molar-refractivity contribution is 5.87. The topological polar surface area (TPSA) is 26.0 Å². The summed E-state index contributed by atoms with van der Waals surface area (Å²) in [6.45, 7) is 0. The van der Waals surface area contributed by atoms with E-state index < -0.39 is 23.5 Å². The Morgan fingerprint density at radius 2 is 1.29 bits per heavy atom. The first-order valence-electron chi connectivity index (χ1n) is 6.46. The van der Waals surface area contributed by atoms with Crippen LogP contribution in [0.1, 0.15) is 17.2 Å². The van der Waals surface area contributed by atoms with Crippen LogP contribution in [0.4, 0.5) is 13.2 Å². The maximum absolute atomic E-state index is 13.9. The van der Waals surface area contributed by atoms with E-state index in [1.807, 2.05) is 0 Å². The Kier molecular flexibility index (Phi) is 3.39. The van der Waals surface area contributed by atoms with Gasteiger partial charge >= 0.3 is 0 Å². The molecule has 1 unspecified atom stereocenters. The van der Waals surface area contributed by atoms with E-state index in [1.54, 1.807) is 24.3 Å². The van der Waals surface area contributed by atoms with Crippen LogP contribution in [0.15, 0.2) is 54.6 Å². The summed E-state index contributed by atoms with van der Waals surface area (Å²) in [7, 11) is 0. The summed E-state index contributed by atoms with van der Waals surface area (Å²) in [5.74, 6) is -1.82. The number of hydrogen-bond acceptors (Lipinski definition) is 1. The van der Waals surface area contributed by atoms with E-state index in [9.17, 15) is 13.2 Å². The van der Waals surface area contributed by atoms with E-state index in [0.29, 0.717) is 16.3 Å². The molecule has 0 heterocycles. The predicted molar refractivity (Wildman–Crippen MR) is 76.3 cm³/mol. The molecule has 0 aliphatic carbocycles. The highest BCUT2D eigenvalue weighted by Gasteiger charge is 2.20. The average molecular weight is 287 g/mol. The minimum absolute atomic E-state index is 0.214. The van der Waals surface area contributed by atoms with Crippen molar-refractivity contribution >= 4 is 10.8 Å². The SMILES string of the molecule is NC(c1c(F)cccc1F)c1ccc(F)c2ccccc12. The van der Waals surface area contributed by atoms with Crippen molar-refractivity contribution in [3.05, 3.63) is 83.2 Å². The molecule has 2 N–H and O–H groups in total. The van der Waals surface area contributed by atoms with Crippen molar-refractivity contribution in [3.8, 4) is 0 Å². The van der Waals surface area contributed by atoms with Crippen molar-refractivity contribution < 1.29 is 13.2 Å². The summed E-state index contributed by atoms with van der Waals surface area (Å²) >= 11 is 0. The summed E-state index contributed by atoms with van der Waals surface area (Å²) < 4.78 is 41.5. The van der Waals surface area contributed by atoms with E-state index in [-0.39, 0.29) is 5.56 Å². The second-order valence-corrected chi connectivity index (χ2v) is 4.80. The van der Waals surface area contributed by atoms with Crippen LogP contribution < -0.4 is 5.73 Å². The van der Waals surface area contributed by atoms with Crippen LogP contribution in [0.5, 0.6) is 0 Å². The Morgan fingerprint density at radius 3 is 1.95 bits per heavy atom. The maximum Gasteiger partial charge on any atom is 0.131 e. The first kappa shape index (κ1) is 13.6. The number of hydrogen-bond donors (Lipinski definition) is 1. The molecule has 0 spiro atoms.